The summed E-state index contributed by atoms with van der Waals surface area (Å²) in [5.41, 5.74) is 5.46. The van der Waals surface area contributed by atoms with Crippen LogP contribution in [0.15, 0.2) is 16.5 Å². The zero-order chi connectivity index (χ0) is 12.4. The summed E-state index contributed by atoms with van der Waals surface area (Å²) in [4.78, 5) is 14.1. The summed E-state index contributed by atoms with van der Waals surface area (Å²) in [5.74, 6) is 0.890. The van der Waals surface area contributed by atoms with Crippen molar-refractivity contribution >= 4 is 5.91 Å². The number of rotatable bonds is 2. The summed E-state index contributed by atoms with van der Waals surface area (Å²) in [7, 11) is 0. The van der Waals surface area contributed by atoms with E-state index in [1.165, 1.54) is 0 Å². The first-order valence-corrected chi connectivity index (χ1v) is 5.82. The van der Waals surface area contributed by atoms with Gasteiger partial charge in [-0.15, -0.1) is 0 Å². The summed E-state index contributed by atoms with van der Waals surface area (Å²) in [5, 5.41) is 0. The first kappa shape index (κ1) is 12.1. The maximum atomic E-state index is 12.3. The molecule has 0 aromatic carbocycles. The van der Waals surface area contributed by atoms with Gasteiger partial charge in [0.1, 0.15) is 5.76 Å². The monoisotopic (exact) mass is 238 g/mol. The molecule has 17 heavy (non-hydrogen) atoms. The van der Waals surface area contributed by atoms with Gasteiger partial charge >= 0.3 is 0 Å². The smallest absolute Gasteiger partial charge is 0.290 e. The molecule has 2 atom stereocenters. The van der Waals surface area contributed by atoms with Crippen LogP contribution in [0.4, 0.5) is 0 Å². The van der Waals surface area contributed by atoms with Gasteiger partial charge in [-0.25, -0.2) is 0 Å². The Kier molecular flexibility index (Phi) is 3.49. The number of nitrogens with zero attached hydrogens (tertiary/aromatic N) is 1. The van der Waals surface area contributed by atoms with E-state index in [0.29, 0.717) is 31.3 Å². The fraction of sp³-hybridized carbons (Fsp3) is 0.583. The molecule has 2 rings (SSSR count). The number of hydrogen-bond donors (Lipinski definition) is 1. The third-order valence-electron chi connectivity index (χ3n) is 2.98. The zero-order valence-corrected chi connectivity index (χ0v) is 10.2. The highest BCUT2D eigenvalue weighted by atomic mass is 16.5. The average molecular weight is 238 g/mol. The quantitative estimate of drug-likeness (QED) is 0.834. The largest absolute Gasteiger partial charge is 0.455 e. The van der Waals surface area contributed by atoms with E-state index in [-0.39, 0.29) is 18.0 Å². The molecule has 1 amide bonds. The molecule has 5 nitrogen and oxygen atoms in total. The number of carbonyl (C=O) groups excluding carboxylic acids is 1. The standard InChI is InChI=1S/C12H18N2O3/c1-8-6-16-7-9(2)14(8)12(15)11-4-3-10(5-13)17-11/h3-4,8-9H,5-7,13H2,1-2H3/t8-,9+. The molecule has 0 unspecified atom stereocenters. The van der Waals surface area contributed by atoms with Gasteiger partial charge in [-0.1, -0.05) is 0 Å². The molecule has 1 aliphatic heterocycles. The Hall–Kier alpha value is -1.33. The normalized spacial score (nSPS) is 25.0. The Morgan fingerprint density at radius 2 is 2.06 bits per heavy atom. The second-order valence-corrected chi connectivity index (χ2v) is 4.42. The fourth-order valence-electron chi connectivity index (χ4n) is 2.13. The molecule has 0 saturated carbocycles. The Morgan fingerprint density at radius 3 is 2.59 bits per heavy atom. The molecule has 1 aromatic rings. The summed E-state index contributed by atoms with van der Waals surface area (Å²) in [6, 6.07) is 3.55. The molecule has 2 heterocycles. The van der Waals surface area contributed by atoms with E-state index >= 15 is 0 Å². The molecule has 5 heteroatoms. The minimum atomic E-state index is -0.0898. The molecule has 1 fully saturated rings. The molecule has 0 radical (unpaired) electrons. The number of hydrogen-bond acceptors (Lipinski definition) is 4. The molecular formula is C12H18N2O3. The van der Waals surface area contributed by atoms with Crippen LogP contribution in [0.1, 0.15) is 30.2 Å². The van der Waals surface area contributed by atoms with Gasteiger partial charge in [0, 0.05) is 0 Å². The first-order chi connectivity index (χ1) is 8.13. The highest BCUT2D eigenvalue weighted by Crippen LogP contribution is 2.18. The topological polar surface area (TPSA) is 68.7 Å². The summed E-state index contributed by atoms with van der Waals surface area (Å²) in [6.07, 6.45) is 0. The SMILES string of the molecule is C[C@@H]1COC[C@H](C)N1C(=O)c1ccc(CN)o1. The van der Waals surface area contributed by atoms with Crippen molar-refractivity contribution in [1.82, 2.24) is 4.90 Å². The van der Waals surface area contributed by atoms with Gasteiger partial charge in [0.2, 0.25) is 0 Å². The minimum Gasteiger partial charge on any atom is -0.455 e. The van der Waals surface area contributed by atoms with E-state index in [2.05, 4.69) is 0 Å². The van der Waals surface area contributed by atoms with Crippen LogP contribution < -0.4 is 5.73 Å². The Labute approximate surface area is 101 Å². The first-order valence-electron chi connectivity index (χ1n) is 5.82. The minimum absolute atomic E-state index is 0.0673. The highest BCUT2D eigenvalue weighted by Gasteiger charge is 2.31. The predicted molar refractivity (Wildman–Crippen MR) is 62.5 cm³/mol. The molecule has 1 aromatic heterocycles. The summed E-state index contributed by atoms with van der Waals surface area (Å²) in [6.45, 7) is 5.39. The van der Waals surface area contributed by atoms with E-state index in [1.54, 1.807) is 12.1 Å². The number of furan rings is 1. The molecule has 1 aliphatic rings. The maximum absolute atomic E-state index is 12.3. The lowest BCUT2D eigenvalue weighted by atomic mass is 10.1. The van der Waals surface area contributed by atoms with Gasteiger partial charge in [0.15, 0.2) is 5.76 Å². The van der Waals surface area contributed by atoms with Crippen molar-refractivity contribution in [2.75, 3.05) is 13.2 Å². The molecule has 1 saturated heterocycles. The lowest BCUT2D eigenvalue weighted by molar-refractivity contribution is -0.0263. The van der Waals surface area contributed by atoms with Crippen molar-refractivity contribution in [3.8, 4) is 0 Å². The van der Waals surface area contributed by atoms with E-state index in [9.17, 15) is 4.79 Å². The molecule has 0 bridgehead atoms. The average Bonchev–Trinajstić information content (AvgIpc) is 2.77. The summed E-state index contributed by atoms with van der Waals surface area (Å²) >= 11 is 0. The highest BCUT2D eigenvalue weighted by molar-refractivity contribution is 5.92. The Balaban J connectivity index is 2.17. The van der Waals surface area contributed by atoms with Gasteiger partial charge in [-0.05, 0) is 26.0 Å². The van der Waals surface area contributed by atoms with E-state index in [4.69, 9.17) is 14.9 Å². The van der Waals surface area contributed by atoms with E-state index in [0.717, 1.165) is 0 Å². The molecule has 2 N–H and O–H groups in total. The van der Waals surface area contributed by atoms with Gasteiger partial charge in [0.25, 0.3) is 5.91 Å². The number of carbonyl (C=O) groups is 1. The van der Waals surface area contributed by atoms with Gasteiger partial charge < -0.3 is 19.8 Å². The van der Waals surface area contributed by atoms with Crippen LogP contribution in [-0.4, -0.2) is 36.1 Å². The second-order valence-electron chi connectivity index (χ2n) is 4.42. The molecule has 0 spiro atoms. The summed E-state index contributed by atoms with van der Waals surface area (Å²) < 4.78 is 10.8. The number of amides is 1. The molecule has 94 valence electrons. The third kappa shape index (κ3) is 2.35. The van der Waals surface area contributed by atoms with Crippen LogP contribution in [0.3, 0.4) is 0 Å². The van der Waals surface area contributed by atoms with Gasteiger partial charge in [0.05, 0.1) is 31.8 Å². The van der Waals surface area contributed by atoms with Crippen molar-refractivity contribution in [2.45, 2.75) is 32.5 Å². The van der Waals surface area contributed by atoms with Crippen LogP contribution in [0.25, 0.3) is 0 Å². The van der Waals surface area contributed by atoms with Crippen LogP contribution in [-0.2, 0) is 11.3 Å². The lowest BCUT2D eigenvalue weighted by Crippen LogP contribution is -2.52. The van der Waals surface area contributed by atoms with Crippen LogP contribution in [0, 0.1) is 0 Å². The molecular weight excluding hydrogens is 220 g/mol. The Morgan fingerprint density at radius 1 is 1.41 bits per heavy atom. The predicted octanol–water partition coefficient (Wildman–Crippen LogP) is 0.988. The second kappa shape index (κ2) is 4.89. The Bertz CT molecular complexity index is 392. The van der Waals surface area contributed by atoms with Crippen molar-refractivity contribution < 1.29 is 13.9 Å². The fourth-order valence-corrected chi connectivity index (χ4v) is 2.13. The van der Waals surface area contributed by atoms with E-state index in [1.807, 2.05) is 18.7 Å². The third-order valence-corrected chi connectivity index (χ3v) is 2.98. The van der Waals surface area contributed by atoms with Crippen molar-refractivity contribution in [2.24, 2.45) is 5.73 Å². The van der Waals surface area contributed by atoms with Crippen molar-refractivity contribution in [1.29, 1.82) is 0 Å². The number of ether oxygens (including phenoxy) is 1. The zero-order valence-electron chi connectivity index (χ0n) is 10.2. The lowest BCUT2D eigenvalue weighted by Gasteiger charge is -2.38. The van der Waals surface area contributed by atoms with Crippen LogP contribution in [0.2, 0.25) is 0 Å². The van der Waals surface area contributed by atoms with Gasteiger partial charge in [-0.3, -0.25) is 4.79 Å². The maximum Gasteiger partial charge on any atom is 0.290 e. The molecule has 0 aliphatic carbocycles. The van der Waals surface area contributed by atoms with Gasteiger partial charge in [-0.2, -0.15) is 0 Å². The van der Waals surface area contributed by atoms with Crippen molar-refractivity contribution in [3.63, 3.8) is 0 Å². The number of nitrogens with two attached hydrogens (primary N) is 1. The number of morpholine rings is 1. The van der Waals surface area contributed by atoms with Crippen molar-refractivity contribution in [3.05, 3.63) is 23.7 Å². The van der Waals surface area contributed by atoms with E-state index < -0.39 is 0 Å². The van der Waals surface area contributed by atoms with Crippen LogP contribution in [0.5, 0.6) is 0 Å². The van der Waals surface area contributed by atoms with Crippen LogP contribution >= 0.6 is 0 Å².